The lowest BCUT2D eigenvalue weighted by Crippen LogP contribution is -2.23. The Labute approximate surface area is 198 Å². The number of hydrogen-bond acceptors (Lipinski definition) is 5. The van der Waals surface area contributed by atoms with Crippen LogP contribution in [0.3, 0.4) is 0 Å². The highest BCUT2D eigenvalue weighted by Crippen LogP contribution is 2.30. The Morgan fingerprint density at radius 2 is 1.91 bits per heavy atom. The molecular formula is C22H21Cl2N5O2S. The van der Waals surface area contributed by atoms with Crippen molar-refractivity contribution in [3.05, 3.63) is 62.9 Å². The number of carbonyl (C=O) groups is 1. The molecule has 0 spiro atoms. The molecule has 4 aromatic rings. The number of aryl methyl sites for hydroxylation is 1. The van der Waals surface area contributed by atoms with Crippen LogP contribution in [0.2, 0.25) is 10.0 Å². The summed E-state index contributed by atoms with van der Waals surface area (Å²) in [7, 11) is 0. The van der Waals surface area contributed by atoms with Gasteiger partial charge in [-0.3, -0.25) is 18.6 Å². The second-order valence-electron chi connectivity index (χ2n) is 7.24. The van der Waals surface area contributed by atoms with Gasteiger partial charge in [0, 0.05) is 6.54 Å². The quantitative estimate of drug-likeness (QED) is 0.269. The maximum absolute atomic E-state index is 13.1. The molecule has 0 atom stereocenters. The van der Waals surface area contributed by atoms with Gasteiger partial charge in [-0.1, -0.05) is 72.9 Å². The van der Waals surface area contributed by atoms with Crippen molar-refractivity contribution in [3.8, 4) is 0 Å². The highest BCUT2D eigenvalue weighted by atomic mass is 35.5. The van der Waals surface area contributed by atoms with Gasteiger partial charge >= 0.3 is 0 Å². The van der Waals surface area contributed by atoms with Crippen molar-refractivity contribution in [1.82, 2.24) is 19.2 Å². The highest BCUT2D eigenvalue weighted by molar-refractivity contribution is 7.99. The van der Waals surface area contributed by atoms with Crippen molar-refractivity contribution in [3.63, 3.8) is 0 Å². The average molecular weight is 490 g/mol. The number of nitrogens with zero attached hydrogens (tertiary/aromatic N) is 4. The number of halogens is 2. The third-order valence-electron chi connectivity index (χ3n) is 5.02. The molecular weight excluding hydrogens is 469 g/mol. The molecule has 0 fully saturated rings. The number of fused-ring (bicyclic) bond motifs is 3. The van der Waals surface area contributed by atoms with Crippen LogP contribution in [0.15, 0.2) is 52.4 Å². The number of amides is 1. The second kappa shape index (κ2) is 9.94. The van der Waals surface area contributed by atoms with Crippen LogP contribution in [0.5, 0.6) is 0 Å². The lowest BCUT2D eigenvalue weighted by atomic mass is 10.2. The molecule has 0 aliphatic heterocycles. The number of carbonyl (C=O) groups excluding carboxylic acids is 1. The Hall–Kier alpha value is -2.55. The first-order chi connectivity index (χ1) is 15.5. The zero-order chi connectivity index (χ0) is 22.7. The van der Waals surface area contributed by atoms with Crippen molar-refractivity contribution in [2.45, 2.75) is 37.9 Å². The van der Waals surface area contributed by atoms with Gasteiger partial charge in [-0.25, -0.2) is 0 Å². The molecule has 4 rings (SSSR count). The van der Waals surface area contributed by atoms with Gasteiger partial charge in [0.05, 0.1) is 32.4 Å². The lowest BCUT2D eigenvalue weighted by Gasteiger charge is -2.11. The van der Waals surface area contributed by atoms with Crippen LogP contribution in [0.4, 0.5) is 5.69 Å². The minimum atomic E-state index is -0.253. The van der Waals surface area contributed by atoms with Crippen molar-refractivity contribution in [1.29, 1.82) is 0 Å². The Bertz CT molecular complexity index is 1350. The van der Waals surface area contributed by atoms with Gasteiger partial charge in [0.15, 0.2) is 5.16 Å². The number of aromatic nitrogens is 4. The zero-order valence-corrected chi connectivity index (χ0v) is 19.7. The van der Waals surface area contributed by atoms with Crippen LogP contribution in [0, 0.1) is 0 Å². The third-order valence-corrected chi connectivity index (χ3v) is 6.77. The SMILES string of the molecule is CCCCCn1c(=O)c2ccccc2n2c(SCC(=O)Nc3cccc(Cl)c3Cl)nnc12. The largest absolute Gasteiger partial charge is 0.324 e. The maximum Gasteiger partial charge on any atom is 0.262 e. The number of para-hydroxylation sites is 1. The molecule has 0 saturated carbocycles. The summed E-state index contributed by atoms with van der Waals surface area (Å²) in [4.78, 5) is 25.6. The summed E-state index contributed by atoms with van der Waals surface area (Å²) >= 11 is 13.4. The van der Waals surface area contributed by atoms with Crippen molar-refractivity contribution < 1.29 is 4.79 Å². The molecule has 0 unspecified atom stereocenters. The Balaban J connectivity index is 1.64. The van der Waals surface area contributed by atoms with Gasteiger partial charge in [-0.15, -0.1) is 10.2 Å². The minimum Gasteiger partial charge on any atom is -0.324 e. The Kier molecular flexibility index (Phi) is 7.03. The van der Waals surface area contributed by atoms with E-state index in [1.165, 1.54) is 11.8 Å². The van der Waals surface area contributed by atoms with Gasteiger partial charge in [-0.2, -0.15) is 0 Å². The predicted molar refractivity (Wildman–Crippen MR) is 130 cm³/mol. The Morgan fingerprint density at radius 3 is 2.72 bits per heavy atom. The Morgan fingerprint density at radius 1 is 1.09 bits per heavy atom. The van der Waals surface area contributed by atoms with E-state index in [2.05, 4.69) is 22.4 Å². The first kappa shape index (κ1) is 22.6. The third kappa shape index (κ3) is 4.48. The standard InChI is InChI=1S/C22H21Cl2N5O2S/c1-2-3-6-12-28-20(31)14-8-4-5-11-17(14)29-21(28)26-27-22(29)32-13-18(30)25-16-10-7-9-15(23)19(16)24/h4-5,7-11H,2-3,6,12-13H2,1H3,(H,25,30). The molecule has 0 aliphatic carbocycles. The summed E-state index contributed by atoms with van der Waals surface area (Å²) in [6.45, 7) is 2.68. The summed E-state index contributed by atoms with van der Waals surface area (Å²) in [6.07, 6.45) is 2.95. The van der Waals surface area contributed by atoms with Gasteiger partial charge < -0.3 is 5.32 Å². The number of anilines is 1. The smallest absolute Gasteiger partial charge is 0.262 e. The first-order valence-electron chi connectivity index (χ1n) is 10.2. The van der Waals surface area contributed by atoms with Gasteiger partial charge in [0.1, 0.15) is 0 Å². The van der Waals surface area contributed by atoms with Crippen LogP contribution < -0.4 is 10.9 Å². The van der Waals surface area contributed by atoms with Gasteiger partial charge in [0.25, 0.3) is 5.56 Å². The summed E-state index contributed by atoms with van der Waals surface area (Å²) in [6, 6.07) is 12.4. The van der Waals surface area contributed by atoms with Crippen molar-refractivity contribution in [2.24, 2.45) is 0 Å². The van der Waals surface area contributed by atoms with Gasteiger partial charge in [-0.05, 0) is 30.7 Å². The molecule has 2 heterocycles. The molecule has 2 aromatic carbocycles. The fourth-order valence-corrected chi connectivity index (χ4v) is 4.55. The first-order valence-corrected chi connectivity index (χ1v) is 12.0. The fraction of sp³-hybridized carbons (Fsp3) is 0.273. The molecule has 2 aromatic heterocycles. The number of rotatable bonds is 8. The number of thioether (sulfide) groups is 1. The molecule has 0 saturated heterocycles. The summed E-state index contributed by atoms with van der Waals surface area (Å²) in [5, 5.41) is 13.1. The number of nitrogens with one attached hydrogen (secondary N) is 1. The van der Waals surface area contributed by atoms with E-state index < -0.39 is 0 Å². The van der Waals surface area contributed by atoms with E-state index in [-0.39, 0.29) is 17.2 Å². The van der Waals surface area contributed by atoms with Crippen LogP contribution in [-0.2, 0) is 11.3 Å². The van der Waals surface area contributed by atoms with E-state index in [1.54, 1.807) is 28.8 Å². The fourth-order valence-electron chi connectivity index (χ4n) is 3.47. The molecule has 1 N–H and O–H groups in total. The van der Waals surface area contributed by atoms with Crippen LogP contribution in [0.1, 0.15) is 26.2 Å². The van der Waals surface area contributed by atoms with E-state index in [4.69, 9.17) is 23.2 Å². The van der Waals surface area contributed by atoms with Gasteiger partial charge in [0.2, 0.25) is 11.7 Å². The highest BCUT2D eigenvalue weighted by Gasteiger charge is 2.18. The predicted octanol–water partition coefficient (Wildman–Crippen LogP) is 5.27. The molecule has 0 aliphatic rings. The maximum atomic E-state index is 13.1. The molecule has 0 bridgehead atoms. The molecule has 0 radical (unpaired) electrons. The lowest BCUT2D eigenvalue weighted by molar-refractivity contribution is -0.113. The average Bonchev–Trinajstić information content (AvgIpc) is 3.22. The number of benzene rings is 2. The molecule has 10 heteroatoms. The van der Waals surface area contributed by atoms with Crippen LogP contribution >= 0.6 is 35.0 Å². The number of unbranched alkanes of at least 4 members (excludes halogenated alkanes) is 2. The number of hydrogen-bond donors (Lipinski definition) is 1. The molecule has 1 amide bonds. The monoisotopic (exact) mass is 489 g/mol. The normalized spacial score (nSPS) is 11.3. The van der Waals surface area contributed by atoms with Crippen molar-refractivity contribution >= 4 is 63.2 Å². The topological polar surface area (TPSA) is 81.3 Å². The molecule has 32 heavy (non-hydrogen) atoms. The second-order valence-corrected chi connectivity index (χ2v) is 8.96. The van der Waals surface area contributed by atoms with E-state index >= 15 is 0 Å². The summed E-state index contributed by atoms with van der Waals surface area (Å²) in [5.74, 6) is 0.314. The van der Waals surface area contributed by atoms with E-state index in [1.807, 2.05) is 22.6 Å². The molecule has 7 nitrogen and oxygen atoms in total. The van der Waals surface area contributed by atoms with Crippen LogP contribution in [0.25, 0.3) is 16.7 Å². The van der Waals surface area contributed by atoms with E-state index in [0.717, 1.165) is 19.3 Å². The van der Waals surface area contributed by atoms with Crippen LogP contribution in [-0.4, -0.2) is 30.8 Å². The van der Waals surface area contributed by atoms with E-state index in [9.17, 15) is 9.59 Å². The van der Waals surface area contributed by atoms with E-state index in [0.29, 0.717) is 44.1 Å². The summed E-state index contributed by atoms with van der Waals surface area (Å²) < 4.78 is 3.51. The minimum absolute atomic E-state index is 0.0819. The molecule has 166 valence electrons. The zero-order valence-electron chi connectivity index (χ0n) is 17.3. The van der Waals surface area contributed by atoms with Crippen molar-refractivity contribution in [2.75, 3.05) is 11.1 Å². The summed E-state index contributed by atoms with van der Waals surface area (Å²) in [5.41, 5.74) is 1.08.